The largest absolute Gasteiger partial charge is 0.524 e. The summed E-state index contributed by atoms with van der Waals surface area (Å²) >= 11 is 0. The van der Waals surface area contributed by atoms with Gasteiger partial charge in [-0.2, -0.15) is 25.2 Å². The van der Waals surface area contributed by atoms with Crippen LogP contribution >= 0.6 is 10.3 Å². The van der Waals surface area contributed by atoms with Crippen molar-refractivity contribution < 1.29 is 25.2 Å². The van der Waals surface area contributed by atoms with Gasteiger partial charge in [0.2, 0.25) is 0 Å². The van der Waals surface area contributed by atoms with Gasteiger partial charge in [-0.25, -0.2) is 0 Å². The summed E-state index contributed by atoms with van der Waals surface area (Å²) in [4.78, 5) is 1.05. The summed E-state index contributed by atoms with van der Waals surface area (Å²) in [5, 5.41) is 0. The Morgan fingerprint density at radius 1 is 0.655 bits per heavy atom. The topological polar surface area (TPSA) is 43.4 Å². The Bertz CT molecular complexity index is 1030. The maximum Gasteiger partial charge on any atom is 0.524 e. The van der Waals surface area contributed by atoms with Gasteiger partial charge in [0.05, 0.1) is 0 Å². The Labute approximate surface area is 169 Å². The van der Waals surface area contributed by atoms with Crippen LogP contribution in [0.4, 0.5) is 13.2 Å². The van der Waals surface area contributed by atoms with Crippen LogP contribution in [0.5, 0.6) is 0 Å². The number of rotatable bonds is 5. The van der Waals surface area contributed by atoms with Crippen LogP contribution in [0.2, 0.25) is 0 Å². The third-order valence-corrected chi connectivity index (χ3v) is 9.16. The molecule has 0 N–H and O–H groups in total. The van der Waals surface area contributed by atoms with Crippen LogP contribution in [0.3, 0.4) is 0 Å². The molecule has 3 aromatic carbocycles. The zero-order valence-corrected chi connectivity index (χ0v) is 17.3. The van der Waals surface area contributed by atoms with Crippen LogP contribution in [-0.4, -0.2) is 13.9 Å². The van der Waals surface area contributed by atoms with Gasteiger partial charge in [-0.3, -0.25) is 0 Å². The van der Waals surface area contributed by atoms with E-state index in [-0.39, 0.29) is 0 Å². The highest BCUT2D eigenvalue weighted by Gasteiger charge is 2.52. The van der Waals surface area contributed by atoms with E-state index in [9.17, 15) is 21.6 Å². The van der Waals surface area contributed by atoms with Crippen LogP contribution < -0.4 is 0 Å². The highest BCUT2D eigenvalue weighted by Crippen LogP contribution is 2.70. The van der Waals surface area contributed by atoms with Crippen molar-refractivity contribution in [2.75, 3.05) is 0 Å². The molecule has 0 spiro atoms. The van der Waals surface area contributed by atoms with E-state index in [1.54, 1.807) is 78.9 Å². The van der Waals surface area contributed by atoms with Crippen molar-refractivity contribution in [3.05, 3.63) is 90.0 Å². The Morgan fingerprint density at radius 2 is 1.03 bits per heavy atom. The summed E-state index contributed by atoms with van der Waals surface area (Å²) < 4.78 is 69.6. The normalized spacial score (nSPS) is 13.3. The molecule has 0 aliphatic rings. The Morgan fingerprint density at radius 3 is 1.41 bits per heavy atom. The van der Waals surface area contributed by atoms with E-state index in [4.69, 9.17) is 3.63 Å². The molecule has 0 saturated heterocycles. The number of benzene rings is 3. The van der Waals surface area contributed by atoms with Gasteiger partial charge in [0.25, 0.3) is 0 Å². The highest BCUT2D eigenvalue weighted by molar-refractivity contribution is 8.33. The van der Waals surface area contributed by atoms with Gasteiger partial charge in [0.15, 0.2) is 0 Å². The van der Waals surface area contributed by atoms with E-state index in [0.717, 1.165) is 11.1 Å². The number of aryl methyl sites for hydroxylation is 2. The Balaban J connectivity index is 2.39. The van der Waals surface area contributed by atoms with Gasteiger partial charge in [0.1, 0.15) is 0 Å². The predicted molar refractivity (Wildman–Crippen MR) is 107 cm³/mol. The standard InChI is InChI=1S/C21H19F3O3S2/c1-16-8-12-19(13-9-16)28(18-6-4-3-5-7-18,20-14-10-17(2)11-15-20)27-29(25,26)21(22,23)24/h3-15H,1-2H3. The summed E-state index contributed by atoms with van der Waals surface area (Å²) in [5.74, 6) is 0. The quantitative estimate of drug-likeness (QED) is 0.433. The molecule has 0 fully saturated rings. The fourth-order valence-electron chi connectivity index (χ4n) is 2.77. The molecule has 29 heavy (non-hydrogen) atoms. The lowest BCUT2D eigenvalue weighted by molar-refractivity contribution is -0.0496. The second-order valence-corrected chi connectivity index (χ2v) is 10.9. The second kappa shape index (κ2) is 7.85. The second-order valence-electron chi connectivity index (χ2n) is 6.46. The average Bonchev–Trinajstić information content (AvgIpc) is 2.67. The first-order chi connectivity index (χ1) is 13.6. The minimum Gasteiger partial charge on any atom is -0.200 e. The fraction of sp³-hybridized carbons (Fsp3) is 0.143. The molecule has 0 bridgehead atoms. The van der Waals surface area contributed by atoms with E-state index >= 15 is 0 Å². The van der Waals surface area contributed by atoms with Crippen molar-refractivity contribution in [2.45, 2.75) is 34.0 Å². The summed E-state index contributed by atoms with van der Waals surface area (Å²) in [6.45, 7) is 3.67. The van der Waals surface area contributed by atoms with E-state index in [1.807, 2.05) is 13.8 Å². The van der Waals surface area contributed by atoms with Crippen LogP contribution in [0.25, 0.3) is 0 Å². The molecule has 3 aromatic rings. The van der Waals surface area contributed by atoms with Crippen molar-refractivity contribution in [2.24, 2.45) is 0 Å². The van der Waals surface area contributed by atoms with Gasteiger partial charge in [-0.05, 0) is 60.6 Å². The molecule has 0 aliphatic heterocycles. The molecule has 0 heterocycles. The Hall–Kier alpha value is -2.29. The van der Waals surface area contributed by atoms with Gasteiger partial charge >= 0.3 is 15.6 Å². The number of hydrogen-bond donors (Lipinski definition) is 0. The lowest BCUT2D eigenvalue weighted by Crippen LogP contribution is -2.27. The molecular weight excluding hydrogens is 421 g/mol. The van der Waals surface area contributed by atoms with Crippen molar-refractivity contribution in [3.63, 3.8) is 0 Å². The monoisotopic (exact) mass is 440 g/mol. The summed E-state index contributed by atoms with van der Waals surface area (Å²) in [5.41, 5.74) is -3.77. The van der Waals surface area contributed by atoms with Crippen molar-refractivity contribution in [1.82, 2.24) is 0 Å². The summed E-state index contributed by atoms with van der Waals surface area (Å²) in [7, 11) is -9.10. The lowest BCUT2D eigenvalue weighted by atomic mass is 10.2. The molecule has 0 unspecified atom stereocenters. The SMILES string of the molecule is Cc1ccc(S(OS(=O)(=O)C(F)(F)F)(c2ccccc2)c2ccc(C)cc2)cc1. The summed E-state index contributed by atoms with van der Waals surface area (Å²) in [6, 6.07) is 21.5. The first-order valence-corrected chi connectivity index (χ1v) is 11.6. The predicted octanol–water partition coefficient (Wildman–Crippen LogP) is 6.37. The van der Waals surface area contributed by atoms with Crippen molar-refractivity contribution in [3.8, 4) is 0 Å². The molecule has 8 heteroatoms. The molecule has 0 aliphatic carbocycles. The molecule has 3 rings (SSSR count). The molecule has 0 aromatic heterocycles. The molecule has 0 amide bonds. The van der Waals surface area contributed by atoms with Gasteiger partial charge < -0.3 is 0 Å². The van der Waals surface area contributed by atoms with E-state index in [0.29, 0.717) is 14.7 Å². The fourth-order valence-corrected chi connectivity index (χ4v) is 7.49. The molecule has 0 saturated carbocycles. The van der Waals surface area contributed by atoms with E-state index in [1.165, 1.54) is 0 Å². The molecule has 3 nitrogen and oxygen atoms in total. The maximum atomic E-state index is 13.3. The maximum absolute atomic E-state index is 13.3. The molecular formula is C21H19F3O3S2. The van der Waals surface area contributed by atoms with Crippen molar-refractivity contribution >= 4 is 20.4 Å². The third kappa shape index (κ3) is 4.19. The van der Waals surface area contributed by atoms with Crippen molar-refractivity contribution in [1.29, 1.82) is 0 Å². The molecule has 0 atom stereocenters. The zero-order valence-electron chi connectivity index (χ0n) is 15.7. The zero-order chi connectivity index (χ0) is 21.3. The van der Waals surface area contributed by atoms with E-state index in [2.05, 4.69) is 0 Å². The average molecular weight is 441 g/mol. The summed E-state index contributed by atoms with van der Waals surface area (Å²) in [6.07, 6.45) is 0. The number of alkyl halides is 3. The lowest BCUT2D eigenvalue weighted by Gasteiger charge is -2.39. The van der Waals surface area contributed by atoms with Gasteiger partial charge in [0, 0.05) is 14.7 Å². The van der Waals surface area contributed by atoms with E-state index < -0.39 is 25.9 Å². The minimum atomic E-state index is -5.88. The number of halogens is 3. The molecule has 154 valence electrons. The highest BCUT2D eigenvalue weighted by atomic mass is 32.3. The van der Waals surface area contributed by atoms with Crippen LogP contribution in [-0.2, 0) is 13.7 Å². The van der Waals surface area contributed by atoms with Gasteiger partial charge in [-0.15, -0.1) is 0 Å². The minimum absolute atomic E-state index is 0.348. The van der Waals surface area contributed by atoms with Gasteiger partial charge in [-0.1, -0.05) is 53.6 Å². The van der Waals surface area contributed by atoms with Crippen LogP contribution in [0.15, 0.2) is 93.5 Å². The molecule has 0 radical (unpaired) electrons. The first kappa shape index (κ1) is 21.4. The number of hydrogen-bond acceptors (Lipinski definition) is 3. The Kier molecular flexibility index (Phi) is 5.80. The first-order valence-electron chi connectivity index (χ1n) is 8.60. The van der Waals surface area contributed by atoms with Crippen LogP contribution in [0, 0.1) is 13.8 Å². The smallest absolute Gasteiger partial charge is 0.200 e. The third-order valence-electron chi connectivity index (χ3n) is 4.26. The van der Waals surface area contributed by atoms with Crippen LogP contribution in [0.1, 0.15) is 11.1 Å².